The van der Waals surface area contributed by atoms with Gasteiger partial charge in [-0.1, -0.05) is 0 Å². The minimum Gasteiger partial charge on any atom is -0.494 e. The van der Waals surface area contributed by atoms with E-state index >= 15 is 0 Å². The molecule has 5 nitrogen and oxygen atoms in total. The van der Waals surface area contributed by atoms with Crippen LogP contribution in [0.1, 0.15) is 22.6 Å². The van der Waals surface area contributed by atoms with Crippen molar-refractivity contribution in [2.75, 3.05) is 11.9 Å². The summed E-state index contributed by atoms with van der Waals surface area (Å²) in [6.45, 7) is 2.37. The van der Waals surface area contributed by atoms with Gasteiger partial charge in [0.15, 0.2) is 0 Å². The van der Waals surface area contributed by atoms with E-state index in [9.17, 15) is 9.59 Å². The Morgan fingerprint density at radius 2 is 1.91 bits per heavy atom. The maximum Gasteiger partial charge on any atom is 0.303 e. The normalized spacial score (nSPS) is 10.3. The van der Waals surface area contributed by atoms with Gasteiger partial charge in [-0.05, 0) is 49.7 Å². The first-order valence-corrected chi connectivity index (χ1v) is 8.14. The topological polar surface area (TPSA) is 75.6 Å². The summed E-state index contributed by atoms with van der Waals surface area (Å²) >= 11 is 1.62. The van der Waals surface area contributed by atoms with Gasteiger partial charge in [0, 0.05) is 21.9 Å². The number of benzene rings is 1. The van der Waals surface area contributed by atoms with E-state index in [4.69, 9.17) is 9.84 Å². The third-order valence-electron chi connectivity index (χ3n) is 3.07. The van der Waals surface area contributed by atoms with Gasteiger partial charge in [0.25, 0.3) is 0 Å². The van der Waals surface area contributed by atoms with Gasteiger partial charge in [-0.15, -0.1) is 11.3 Å². The monoisotopic (exact) mass is 333 g/mol. The fourth-order valence-corrected chi connectivity index (χ4v) is 2.88. The highest BCUT2D eigenvalue weighted by atomic mass is 32.1. The van der Waals surface area contributed by atoms with Crippen LogP contribution in [0.5, 0.6) is 5.75 Å². The van der Waals surface area contributed by atoms with E-state index in [-0.39, 0.29) is 12.3 Å². The molecule has 0 saturated carbocycles. The zero-order valence-corrected chi connectivity index (χ0v) is 13.7. The van der Waals surface area contributed by atoms with Gasteiger partial charge in [-0.25, -0.2) is 0 Å². The molecule has 0 radical (unpaired) electrons. The van der Waals surface area contributed by atoms with Crippen LogP contribution in [0.25, 0.3) is 0 Å². The number of amides is 1. The molecule has 0 aliphatic carbocycles. The zero-order valence-electron chi connectivity index (χ0n) is 12.9. The van der Waals surface area contributed by atoms with Gasteiger partial charge in [-0.3, -0.25) is 9.59 Å². The Morgan fingerprint density at radius 3 is 2.52 bits per heavy atom. The van der Waals surface area contributed by atoms with Crippen LogP contribution < -0.4 is 10.1 Å². The number of thiophene rings is 1. The molecule has 122 valence electrons. The number of carboxylic acids is 1. The molecule has 1 aromatic carbocycles. The SMILES string of the molecule is Cc1ccc(CC(=O)Nc2ccc(OCCCC(=O)O)cc2)s1. The lowest BCUT2D eigenvalue weighted by molar-refractivity contribution is -0.137. The van der Waals surface area contributed by atoms with Gasteiger partial charge in [0.2, 0.25) is 5.91 Å². The van der Waals surface area contributed by atoms with Gasteiger partial charge >= 0.3 is 5.97 Å². The number of carbonyl (C=O) groups is 2. The van der Waals surface area contributed by atoms with Crippen molar-refractivity contribution >= 4 is 28.9 Å². The molecule has 2 rings (SSSR count). The quantitative estimate of drug-likeness (QED) is 0.725. The second-order valence-electron chi connectivity index (χ2n) is 5.11. The van der Waals surface area contributed by atoms with E-state index < -0.39 is 5.97 Å². The molecule has 6 heteroatoms. The maximum absolute atomic E-state index is 12.0. The van der Waals surface area contributed by atoms with Crippen LogP contribution in [0.4, 0.5) is 5.69 Å². The van der Waals surface area contributed by atoms with Crippen LogP contribution >= 0.6 is 11.3 Å². The lowest BCUT2D eigenvalue weighted by atomic mass is 10.2. The predicted octanol–water partition coefficient (Wildman–Crippen LogP) is 3.48. The van der Waals surface area contributed by atoms with Gasteiger partial charge in [-0.2, -0.15) is 0 Å². The lowest BCUT2D eigenvalue weighted by Gasteiger charge is -2.07. The first-order valence-electron chi connectivity index (χ1n) is 7.33. The van der Waals surface area contributed by atoms with E-state index in [1.807, 2.05) is 19.1 Å². The van der Waals surface area contributed by atoms with Crippen LogP contribution in [0.3, 0.4) is 0 Å². The Kier molecular flexibility index (Phi) is 6.17. The molecular weight excluding hydrogens is 314 g/mol. The largest absolute Gasteiger partial charge is 0.494 e. The smallest absolute Gasteiger partial charge is 0.303 e. The van der Waals surface area contributed by atoms with E-state index in [2.05, 4.69) is 5.32 Å². The van der Waals surface area contributed by atoms with Gasteiger partial charge in [0.1, 0.15) is 5.75 Å². The highest BCUT2D eigenvalue weighted by Gasteiger charge is 2.06. The van der Waals surface area contributed by atoms with Crippen LogP contribution in [0.15, 0.2) is 36.4 Å². The number of nitrogens with one attached hydrogen (secondary N) is 1. The molecule has 0 bridgehead atoms. The molecule has 0 atom stereocenters. The molecular formula is C17H19NO4S. The van der Waals surface area contributed by atoms with Crippen LogP contribution in [-0.2, 0) is 16.0 Å². The van der Waals surface area contributed by atoms with Crippen molar-refractivity contribution in [2.45, 2.75) is 26.2 Å². The first kappa shape index (κ1) is 17.0. The summed E-state index contributed by atoms with van der Waals surface area (Å²) in [5.74, 6) is -0.225. The van der Waals surface area contributed by atoms with Crippen molar-refractivity contribution in [3.05, 3.63) is 46.2 Å². The highest BCUT2D eigenvalue weighted by Crippen LogP contribution is 2.18. The predicted molar refractivity (Wildman–Crippen MR) is 90.2 cm³/mol. The van der Waals surface area contributed by atoms with E-state index in [1.165, 1.54) is 4.88 Å². The minimum atomic E-state index is -0.826. The third kappa shape index (κ3) is 6.12. The number of aliphatic carboxylic acids is 1. The summed E-state index contributed by atoms with van der Waals surface area (Å²) < 4.78 is 5.44. The van der Waals surface area contributed by atoms with E-state index in [0.717, 1.165) is 4.88 Å². The van der Waals surface area contributed by atoms with E-state index in [1.54, 1.807) is 35.6 Å². The minimum absolute atomic E-state index is 0.0537. The first-order chi connectivity index (χ1) is 11.0. The Labute approximate surface area is 138 Å². The Balaban J connectivity index is 1.77. The molecule has 0 aliphatic rings. The Hall–Kier alpha value is -2.34. The summed E-state index contributed by atoms with van der Waals surface area (Å²) in [5.41, 5.74) is 0.709. The molecule has 1 aromatic heterocycles. The van der Waals surface area contributed by atoms with Crippen LogP contribution in [0, 0.1) is 6.92 Å². The van der Waals surface area contributed by atoms with Crippen molar-refractivity contribution in [3.63, 3.8) is 0 Å². The van der Waals surface area contributed by atoms with Crippen LogP contribution in [0.2, 0.25) is 0 Å². The number of anilines is 1. The van der Waals surface area contributed by atoms with Crippen molar-refractivity contribution in [2.24, 2.45) is 0 Å². The number of ether oxygens (including phenoxy) is 1. The molecule has 0 saturated heterocycles. The van der Waals surface area contributed by atoms with Crippen molar-refractivity contribution < 1.29 is 19.4 Å². The second-order valence-corrected chi connectivity index (χ2v) is 6.48. The summed E-state index contributed by atoms with van der Waals surface area (Å²) in [5, 5.41) is 11.4. The fraction of sp³-hybridized carbons (Fsp3) is 0.294. The van der Waals surface area contributed by atoms with Crippen molar-refractivity contribution in [3.8, 4) is 5.75 Å². The molecule has 0 aliphatic heterocycles. The molecule has 0 spiro atoms. The fourth-order valence-electron chi connectivity index (χ4n) is 1.99. The number of carboxylic acid groups (broad SMARTS) is 1. The summed E-state index contributed by atoms with van der Waals surface area (Å²) in [6.07, 6.45) is 0.927. The standard InChI is InChI=1S/C17H19NO4S/c1-12-4-9-15(23-12)11-16(19)18-13-5-7-14(8-6-13)22-10-2-3-17(20)21/h4-9H,2-3,10-11H2,1H3,(H,18,19)(H,20,21). The summed E-state index contributed by atoms with van der Waals surface area (Å²) in [7, 11) is 0. The highest BCUT2D eigenvalue weighted by molar-refractivity contribution is 7.12. The maximum atomic E-state index is 12.0. The zero-order chi connectivity index (χ0) is 16.7. The van der Waals surface area contributed by atoms with Crippen molar-refractivity contribution in [1.82, 2.24) is 0 Å². The molecule has 0 fully saturated rings. The number of rotatable bonds is 8. The average molecular weight is 333 g/mol. The summed E-state index contributed by atoms with van der Waals surface area (Å²) in [4.78, 5) is 24.6. The molecule has 1 heterocycles. The Morgan fingerprint density at radius 1 is 1.17 bits per heavy atom. The molecule has 0 unspecified atom stereocenters. The average Bonchev–Trinajstić information content (AvgIpc) is 2.90. The molecule has 23 heavy (non-hydrogen) atoms. The molecule has 2 aromatic rings. The second kappa shape index (κ2) is 8.33. The Bertz CT molecular complexity index is 663. The number of aryl methyl sites for hydroxylation is 1. The third-order valence-corrected chi connectivity index (χ3v) is 4.07. The lowest BCUT2D eigenvalue weighted by Crippen LogP contribution is -2.13. The van der Waals surface area contributed by atoms with Gasteiger partial charge < -0.3 is 15.2 Å². The summed E-state index contributed by atoms with van der Waals surface area (Å²) in [6, 6.07) is 11.0. The van der Waals surface area contributed by atoms with Crippen molar-refractivity contribution in [1.29, 1.82) is 0 Å². The molecule has 1 amide bonds. The van der Waals surface area contributed by atoms with E-state index in [0.29, 0.717) is 30.9 Å². The number of hydrogen-bond donors (Lipinski definition) is 2. The van der Waals surface area contributed by atoms with Crippen LogP contribution in [-0.4, -0.2) is 23.6 Å². The number of hydrogen-bond acceptors (Lipinski definition) is 4. The van der Waals surface area contributed by atoms with Gasteiger partial charge in [0.05, 0.1) is 13.0 Å². The molecule has 2 N–H and O–H groups in total. The number of carbonyl (C=O) groups excluding carboxylic acids is 1.